The van der Waals surface area contributed by atoms with E-state index in [0.717, 1.165) is 19.6 Å². The summed E-state index contributed by atoms with van der Waals surface area (Å²) in [6.45, 7) is 6.78. The molecule has 1 heterocycles. The largest absolute Gasteiger partial charge is 0.329 e. The van der Waals surface area contributed by atoms with Crippen molar-refractivity contribution in [3.63, 3.8) is 0 Å². The first-order valence-corrected chi connectivity index (χ1v) is 4.94. The fourth-order valence-electron chi connectivity index (χ4n) is 1.65. The van der Waals surface area contributed by atoms with E-state index in [9.17, 15) is 0 Å². The lowest BCUT2D eigenvalue weighted by Crippen LogP contribution is -2.34. The second-order valence-electron chi connectivity index (χ2n) is 3.64. The van der Waals surface area contributed by atoms with Crippen LogP contribution in [0.15, 0.2) is 0 Å². The standard InChI is InChI=1S/C9H21N3/c1-11(7-4-10)8-9-12-5-2-3-6-12/h2-10H2,1H3. The highest BCUT2D eigenvalue weighted by Gasteiger charge is 2.10. The molecule has 1 rings (SSSR count). The molecule has 1 aliphatic heterocycles. The Bertz CT molecular complexity index is 110. The predicted octanol–water partition coefficient (Wildman–Crippen LogP) is -0.0273. The predicted molar refractivity (Wildman–Crippen MR) is 52.2 cm³/mol. The molecule has 0 saturated carbocycles. The van der Waals surface area contributed by atoms with E-state index >= 15 is 0 Å². The highest BCUT2D eigenvalue weighted by molar-refractivity contribution is 4.67. The third kappa shape index (κ3) is 3.52. The Balaban J connectivity index is 1.99. The Morgan fingerprint density at radius 3 is 2.50 bits per heavy atom. The highest BCUT2D eigenvalue weighted by atomic mass is 15.2. The first-order chi connectivity index (χ1) is 5.83. The Labute approximate surface area is 75.5 Å². The second kappa shape index (κ2) is 5.51. The minimum absolute atomic E-state index is 0.774. The van der Waals surface area contributed by atoms with E-state index in [-0.39, 0.29) is 0 Å². The Kier molecular flexibility index (Phi) is 4.58. The van der Waals surface area contributed by atoms with Crippen LogP contribution >= 0.6 is 0 Å². The lowest BCUT2D eigenvalue weighted by Gasteiger charge is -2.20. The van der Waals surface area contributed by atoms with Gasteiger partial charge in [-0.25, -0.2) is 0 Å². The van der Waals surface area contributed by atoms with Gasteiger partial charge in [-0.05, 0) is 33.0 Å². The van der Waals surface area contributed by atoms with Crippen molar-refractivity contribution >= 4 is 0 Å². The van der Waals surface area contributed by atoms with Crippen LogP contribution < -0.4 is 5.73 Å². The molecule has 0 bridgehead atoms. The van der Waals surface area contributed by atoms with Gasteiger partial charge in [0.25, 0.3) is 0 Å². The van der Waals surface area contributed by atoms with Crippen LogP contribution in [0.3, 0.4) is 0 Å². The summed E-state index contributed by atoms with van der Waals surface area (Å²) in [5.41, 5.74) is 5.46. The lowest BCUT2D eigenvalue weighted by atomic mass is 10.4. The van der Waals surface area contributed by atoms with Crippen LogP contribution in [0.25, 0.3) is 0 Å². The molecule has 0 aromatic rings. The van der Waals surface area contributed by atoms with Gasteiger partial charge in [-0.2, -0.15) is 0 Å². The van der Waals surface area contributed by atoms with Gasteiger partial charge in [0.05, 0.1) is 0 Å². The average molecular weight is 171 g/mol. The SMILES string of the molecule is CN(CCN)CCN1CCCC1. The van der Waals surface area contributed by atoms with E-state index in [4.69, 9.17) is 5.73 Å². The number of likely N-dealkylation sites (tertiary alicyclic amines) is 1. The Hall–Kier alpha value is -0.120. The fraction of sp³-hybridized carbons (Fsp3) is 1.00. The van der Waals surface area contributed by atoms with Gasteiger partial charge < -0.3 is 15.5 Å². The van der Waals surface area contributed by atoms with E-state index in [2.05, 4.69) is 16.8 Å². The molecule has 0 aromatic carbocycles. The summed E-state index contributed by atoms with van der Waals surface area (Å²) in [4.78, 5) is 4.84. The Morgan fingerprint density at radius 2 is 1.92 bits per heavy atom. The normalized spacial score (nSPS) is 19.2. The zero-order valence-corrected chi connectivity index (χ0v) is 8.13. The van der Waals surface area contributed by atoms with Crippen molar-refractivity contribution in [1.29, 1.82) is 0 Å². The molecule has 0 amide bonds. The monoisotopic (exact) mass is 171 g/mol. The van der Waals surface area contributed by atoms with Crippen molar-refractivity contribution < 1.29 is 0 Å². The summed E-state index contributed by atoms with van der Waals surface area (Å²) in [5, 5.41) is 0. The first kappa shape index (κ1) is 9.96. The van der Waals surface area contributed by atoms with E-state index < -0.39 is 0 Å². The van der Waals surface area contributed by atoms with Gasteiger partial charge in [-0.15, -0.1) is 0 Å². The van der Waals surface area contributed by atoms with Gasteiger partial charge >= 0.3 is 0 Å². The number of nitrogens with two attached hydrogens (primary N) is 1. The molecular weight excluding hydrogens is 150 g/mol. The van der Waals surface area contributed by atoms with Crippen molar-refractivity contribution in [1.82, 2.24) is 9.80 Å². The molecule has 0 radical (unpaired) electrons. The summed E-state index contributed by atoms with van der Waals surface area (Å²) in [6, 6.07) is 0. The topological polar surface area (TPSA) is 32.5 Å². The van der Waals surface area contributed by atoms with Crippen LogP contribution in [0.1, 0.15) is 12.8 Å². The molecule has 12 heavy (non-hydrogen) atoms. The third-order valence-corrected chi connectivity index (χ3v) is 2.51. The maximum absolute atomic E-state index is 5.46. The minimum Gasteiger partial charge on any atom is -0.329 e. The average Bonchev–Trinajstić information content (AvgIpc) is 2.53. The molecular formula is C9H21N3. The zero-order chi connectivity index (χ0) is 8.81. The van der Waals surface area contributed by atoms with Gasteiger partial charge in [0.1, 0.15) is 0 Å². The molecule has 1 aliphatic rings. The fourth-order valence-corrected chi connectivity index (χ4v) is 1.65. The van der Waals surface area contributed by atoms with Gasteiger partial charge in [-0.1, -0.05) is 0 Å². The molecule has 0 unspecified atom stereocenters. The smallest absolute Gasteiger partial charge is 0.0109 e. The van der Waals surface area contributed by atoms with Crippen LogP contribution in [0.5, 0.6) is 0 Å². The molecule has 3 nitrogen and oxygen atoms in total. The molecule has 1 saturated heterocycles. The maximum atomic E-state index is 5.46. The second-order valence-corrected chi connectivity index (χ2v) is 3.64. The summed E-state index contributed by atoms with van der Waals surface area (Å²) in [7, 11) is 2.14. The summed E-state index contributed by atoms with van der Waals surface area (Å²) in [6.07, 6.45) is 2.78. The van der Waals surface area contributed by atoms with Crippen LogP contribution in [-0.2, 0) is 0 Å². The summed E-state index contributed by atoms with van der Waals surface area (Å²) in [5.74, 6) is 0. The molecule has 2 N–H and O–H groups in total. The van der Waals surface area contributed by atoms with Gasteiger partial charge in [0.15, 0.2) is 0 Å². The van der Waals surface area contributed by atoms with Crippen molar-refractivity contribution in [3.8, 4) is 0 Å². The summed E-state index contributed by atoms with van der Waals surface area (Å²) < 4.78 is 0. The first-order valence-electron chi connectivity index (χ1n) is 4.94. The highest BCUT2D eigenvalue weighted by Crippen LogP contribution is 2.05. The van der Waals surface area contributed by atoms with Crippen molar-refractivity contribution in [2.45, 2.75) is 12.8 Å². The molecule has 0 atom stereocenters. The quantitative estimate of drug-likeness (QED) is 0.630. The van der Waals surface area contributed by atoms with Crippen LogP contribution in [-0.4, -0.2) is 56.1 Å². The zero-order valence-electron chi connectivity index (χ0n) is 8.13. The number of rotatable bonds is 5. The Morgan fingerprint density at radius 1 is 1.25 bits per heavy atom. The molecule has 0 aliphatic carbocycles. The van der Waals surface area contributed by atoms with E-state index in [1.54, 1.807) is 0 Å². The molecule has 3 heteroatoms. The van der Waals surface area contributed by atoms with Crippen LogP contribution in [0, 0.1) is 0 Å². The maximum Gasteiger partial charge on any atom is 0.0109 e. The van der Waals surface area contributed by atoms with E-state index in [1.165, 1.54) is 32.5 Å². The number of likely N-dealkylation sites (N-methyl/N-ethyl adjacent to an activating group) is 1. The third-order valence-electron chi connectivity index (χ3n) is 2.51. The van der Waals surface area contributed by atoms with Crippen molar-refractivity contribution in [3.05, 3.63) is 0 Å². The van der Waals surface area contributed by atoms with Gasteiger partial charge in [0, 0.05) is 26.2 Å². The van der Waals surface area contributed by atoms with Gasteiger partial charge in [0.2, 0.25) is 0 Å². The van der Waals surface area contributed by atoms with Crippen LogP contribution in [0.4, 0.5) is 0 Å². The van der Waals surface area contributed by atoms with E-state index in [1.807, 2.05) is 0 Å². The molecule has 0 aromatic heterocycles. The minimum atomic E-state index is 0.774. The molecule has 72 valence electrons. The van der Waals surface area contributed by atoms with E-state index in [0.29, 0.717) is 0 Å². The molecule has 0 spiro atoms. The number of hydrogen-bond acceptors (Lipinski definition) is 3. The van der Waals surface area contributed by atoms with Gasteiger partial charge in [-0.3, -0.25) is 0 Å². The number of nitrogens with zero attached hydrogens (tertiary/aromatic N) is 2. The van der Waals surface area contributed by atoms with Crippen LogP contribution in [0.2, 0.25) is 0 Å². The summed E-state index contributed by atoms with van der Waals surface area (Å²) >= 11 is 0. The molecule has 1 fully saturated rings. The lowest BCUT2D eigenvalue weighted by molar-refractivity contribution is 0.261. The van der Waals surface area contributed by atoms with Crippen molar-refractivity contribution in [2.24, 2.45) is 5.73 Å². The van der Waals surface area contributed by atoms with Crippen molar-refractivity contribution in [2.75, 3.05) is 46.3 Å². The number of hydrogen-bond donors (Lipinski definition) is 1.